The maximum absolute atomic E-state index is 9.07. The van der Waals surface area contributed by atoms with Gasteiger partial charge in [0.25, 0.3) is 0 Å². The molecular formula is C13H14BrNO. The molecule has 1 aromatic carbocycles. The molecule has 0 aliphatic heterocycles. The van der Waals surface area contributed by atoms with Gasteiger partial charge in [0.2, 0.25) is 0 Å². The van der Waals surface area contributed by atoms with Crippen molar-refractivity contribution in [1.29, 1.82) is 5.26 Å². The number of nitriles is 1. The van der Waals surface area contributed by atoms with Crippen LogP contribution < -0.4 is 4.74 Å². The minimum Gasteiger partial charge on any atom is -0.488 e. The molecule has 0 radical (unpaired) electrons. The molecule has 0 spiro atoms. The van der Waals surface area contributed by atoms with Crippen LogP contribution in [0.1, 0.15) is 25.7 Å². The van der Waals surface area contributed by atoms with Crippen LogP contribution in [0.5, 0.6) is 5.75 Å². The number of hydrogen-bond acceptors (Lipinski definition) is 2. The quantitative estimate of drug-likeness (QED) is 0.822. The van der Waals surface area contributed by atoms with Crippen LogP contribution in [0.4, 0.5) is 0 Å². The minimum atomic E-state index is 0.0425. The van der Waals surface area contributed by atoms with Crippen molar-refractivity contribution in [2.75, 3.05) is 0 Å². The molecule has 0 heterocycles. The zero-order valence-corrected chi connectivity index (χ0v) is 10.6. The zero-order chi connectivity index (χ0) is 11.4. The first kappa shape index (κ1) is 11.5. The maximum Gasteiger partial charge on any atom is 0.133 e. The van der Waals surface area contributed by atoms with Gasteiger partial charge in [0.1, 0.15) is 11.9 Å². The van der Waals surface area contributed by atoms with Crippen molar-refractivity contribution >= 4 is 15.9 Å². The number of benzene rings is 1. The molecule has 84 valence electrons. The summed E-state index contributed by atoms with van der Waals surface area (Å²) in [4.78, 5) is 0. The Labute approximate surface area is 104 Å². The van der Waals surface area contributed by atoms with Crippen molar-refractivity contribution in [2.45, 2.75) is 31.8 Å². The van der Waals surface area contributed by atoms with E-state index in [0.717, 1.165) is 35.9 Å². The Bertz CT molecular complexity index is 399. The highest BCUT2D eigenvalue weighted by Crippen LogP contribution is 2.31. The highest BCUT2D eigenvalue weighted by Gasteiger charge is 2.26. The first-order chi connectivity index (χ1) is 7.81. The lowest BCUT2D eigenvalue weighted by Crippen LogP contribution is -2.29. The predicted octanol–water partition coefficient (Wildman–Crippen LogP) is 3.91. The van der Waals surface area contributed by atoms with Crippen LogP contribution in [-0.2, 0) is 0 Å². The fourth-order valence-electron chi connectivity index (χ4n) is 2.09. The van der Waals surface area contributed by atoms with E-state index in [1.165, 1.54) is 0 Å². The Hall–Kier alpha value is -1.01. The highest BCUT2D eigenvalue weighted by molar-refractivity contribution is 9.10. The first-order valence-corrected chi connectivity index (χ1v) is 6.41. The predicted molar refractivity (Wildman–Crippen MR) is 66.1 cm³/mol. The van der Waals surface area contributed by atoms with Gasteiger partial charge in [-0.3, -0.25) is 0 Å². The second-order valence-electron chi connectivity index (χ2n) is 4.11. The van der Waals surface area contributed by atoms with Crippen molar-refractivity contribution in [3.8, 4) is 11.8 Å². The number of hydrogen-bond donors (Lipinski definition) is 0. The topological polar surface area (TPSA) is 33.0 Å². The summed E-state index contributed by atoms with van der Waals surface area (Å²) in [5, 5.41) is 9.07. The van der Waals surface area contributed by atoms with Gasteiger partial charge in [0, 0.05) is 0 Å². The summed E-state index contributed by atoms with van der Waals surface area (Å²) >= 11 is 3.46. The molecule has 0 aromatic heterocycles. The van der Waals surface area contributed by atoms with E-state index in [1.807, 2.05) is 24.3 Å². The molecule has 0 amide bonds. The lowest BCUT2D eigenvalue weighted by molar-refractivity contribution is 0.119. The largest absolute Gasteiger partial charge is 0.488 e. The van der Waals surface area contributed by atoms with E-state index in [0.29, 0.717) is 0 Å². The average molecular weight is 280 g/mol. The SMILES string of the molecule is N#CC1CCCCC1Oc1ccccc1Br. The fraction of sp³-hybridized carbons (Fsp3) is 0.462. The van der Waals surface area contributed by atoms with Crippen molar-refractivity contribution in [3.05, 3.63) is 28.7 Å². The van der Waals surface area contributed by atoms with Crippen molar-refractivity contribution in [3.63, 3.8) is 0 Å². The summed E-state index contributed by atoms with van der Waals surface area (Å²) in [5.74, 6) is 0.885. The van der Waals surface area contributed by atoms with E-state index >= 15 is 0 Å². The van der Waals surface area contributed by atoms with Gasteiger partial charge in [0.05, 0.1) is 16.5 Å². The third-order valence-electron chi connectivity index (χ3n) is 2.98. The number of halogens is 1. The molecule has 2 nitrogen and oxygen atoms in total. The average Bonchev–Trinajstić information content (AvgIpc) is 2.33. The number of ether oxygens (including phenoxy) is 1. The molecule has 1 saturated carbocycles. The standard InChI is InChI=1S/C13H14BrNO/c14-11-6-2-4-8-13(11)16-12-7-3-1-5-10(12)9-15/h2,4,6,8,10,12H,1,3,5,7H2. The van der Waals surface area contributed by atoms with E-state index in [9.17, 15) is 0 Å². The molecule has 1 aromatic rings. The van der Waals surface area contributed by atoms with E-state index in [1.54, 1.807) is 0 Å². The smallest absolute Gasteiger partial charge is 0.133 e. The Morgan fingerprint density at radius 2 is 2.00 bits per heavy atom. The molecule has 3 heteroatoms. The van der Waals surface area contributed by atoms with E-state index in [2.05, 4.69) is 22.0 Å². The Balaban J connectivity index is 2.09. The Morgan fingerprint density at radius 3 is 2.75 bits per heavy atom. The summed E-state index contributed by atoms with van der Waals surface area (Å²) in [5.41, 5.74) is 0. The van der Waals surface area contributed by atoms with Crippen LogP contribution in [-0.4, -0.2) is 6.10 Å². The van der Waals surface area contributed by atoms with Crippen LogP contribution in [0.2, 0.25) is 0 Å². The molecule has 2 unspecified atom stereocenters. The molecule has 0 saturated heterocycles. The Morgan fingerprint density at radius 1 is 1.25 bits per heavy atom. The van der Waals surface area contributed by atoms with Crippen LogP contribution in [0.3, 0.4) is 0 Å². The lowest BCUT2D eigenvalue weighted by atomic mass is 9.87. The summed E-state index contributed by atoms with van der Waals surface area (Å²) in [7, 11) is 0. The summed E-state index contributed by atoms with van der Waals surface area (Å²) in [6.45, 7) is 0. The molecule has 2 atom stereocenters. The normalized spacial score (nSPS) is 24.8. The second kappa shape index (κ2) is 5.36. The van der Waals surface area contributed by atoms with Crippen molar-refractivity contribution < 1.29 is 4.74 Å². The van der Waals surface area contributed by atoms with Gasteiger partial charge in [-0.05, 0) is 47.3 Å². The lowest BCUT2D eigenvalue weighted by Gasteiger charge is -2.27. The van der Waals surface area contributed by atoms with Crippen LogP contribution in [0.15, 0.2) is 28.7 Å². The van der Waals surface area contributed by atoms with Crippen LogP contribution in [0.25, 0.3) is 0 Å². The molecule has 16 heavy (non-hydrogen) atoms. The molecule has 0 N–H and O–H groups in total. The molecular weight excluding hydrogens is 266 g/mol. The minimum absolute atomic E-state index is 0.0425. The summed E-state index contributed by atoms with van der Waals surface area (Å²) in [6.07, 6.45) is 4.31. The van der Waals surface area contributed by atoms with Crippen LogP contribution in [0, 0.1) is 17.2 Å². The van der Waals surface area contributed by atoms with Gasteiger partial charge < -0.3 is 4.74 Å². The molecule has 0 bridgehead atoms. The molecule has 1 aliphatic carbocycles. The van der Waals surface area contributed by atoms with Gasteiger partial charge >= 0.3 is 0 Å². The second-order valence-corrected chi connectivity index (χ2v) is 4.96. The number of para-hydroxylation sites is 1. The first-order valence-electron chi connectivity index (χ1n) is 5.62. The molecule has 1 fully saturated rings. The summed E-state index contributed by atoms with van der Waals surface area (Å²) in [6, 6.07) is 10.2. The monoisotopic (exact) mass is 279 g/mol. The third kappa shape index (κ3) is 2.56. The van der Waals surface area contributed by atoms with Crippen molar-refractivity contribution in [2.24, 2.45) is 5.92 Å². The fourth-order valence-corrected chi connectivity index (χ4v) is 2.47. The van der Waals surface area contributed by atoms with Gasteiger partial charge in [0.15, 0.2) is 0 Å². The number of nitrogens with zero attached hydrogens (tertiary/aromatic N) is 1. The Kier molecular flexibility index (Phi) is 3.84. The molecule has 2 rings (SSSR count). The van der Waals surface area contributed by atoms with Crippen molar-refractivity contribution in [1.82, 2.24) is 0 Å². The number of rotatable bonds is 2. The van der Waals surface area contributed by atoms with E-state index in [-0.39, 0.29) is 12.0 Å². The van der Waals surface area contributed by atoms with Gasteiger partial charge in [-0.1, -0.05) is 18.6 Å². The van der Waals surface area contributed by atoms with Gasteiger partial charge in [-0.25, -0.2) is 0 Å². The summed E-state index contributed by atoms with van der Waals surface area (Å²) < 4.78 is 6.88. The van der Waals surface area contributed by atoms with Gasteiger partial charge in [-0.15, -0.1) is 0 Å². The highest BCUT2D eigenvalue weighted by atomic mass is 79.9. The zero-order valence-electron chi connectivity index (χ0n) is 9.03. The third-order valence-corrected chi connectivity index (χ3v) is 3.64. The van der Waals surface area contributed by atoms with Gasteiger partial charge in [-0.2, -0.15) is 5.26 Å². The van der Waals surface area contributed by atoms with E-state index < -0.39 is 0 Å². The maximum atomic E-state index is 9.07. The molecule has 1 aliphatic rings. The van der Waals surface area contributed by atoms with Crippen LogP contribution >= 0.6 is 15.9 Å². The van der Waals surface area contributed by atoms with E-state index in [4.69, 9.17) is 10.00 Å².